The standard InChI is InChI=1S/C20H30N2O/c1-2-6-20(23)22-14-18(11-16-9-10-16)12-19(15-22)21-13-17-7-4-3-5-8-17/h3-5,7-8,16,18-19,21H,2,6,9-15H2,1H3. The second kappa shape index (κ2) is 7.96. The highest BCUT2D eigenvalue weighted by atomic mass is 16.2. The number of nitrogens with zero attached hydrogens (tertiary/aromatic N) is 1. The van der Waals surface area contributed by atoms with Crippen molar-refractivity contribution in [2.75, 3.05) is 13.1 Å². The zero-order valence-electron chi connectivity index (χ0n) is 14.3. The van der Waals surface area contributed by atoms with Gasteiger partial charge in [-0.15, -0.1) is 0 Å². The molecule has 0 radical (unpaired) electrons. The lowest BCUT2D eigenvalue weighted by Gasteiger charge is -2.38. The van der Waals surface area contributed by atoms with E-state index in [0.717, 1.165) is 32.0 Å². The van der Waals surface area contributed by atoms with Gasteiger partial charge in [-0.05, 0) is 36.7 Å². The Balaban J connectivity index is 1.57. The van der Waals surface area contributed by atoms with E-state index in [1.807, 2.05) is 0 Å². The fourth-order valence-electron chi connectivity index (χ4n) is 3.78. The summed E-state index contributed by atoms with van der Waals surface area (Å²) in [4.78, 5) is 14.5. The van der Waals surface area contributed by atoms with E-state index in [1.54, 1.807) is 0 Å². The van der Waals surface area contributed by atoms with Crippen molar-refractivity contribution in [3.05, 3.63) is 35.9 Å². The predicted molar refractivity (Wildman–Crippen MR) is 94.0 cm³/mol. The van der Waals surface area contributed by atoms with Crippen molar-refractivity contribution < 1.29 is 4.79 Å². The first-order valence-electron chi connectivity index (χ1n) is 9.29. The zero-order valence-corrected chi connectivity index (χ0v) is 14.3. The van der Waals surface area contributed by atoms with Gasteiger partial charge in [0.15, 0.2) is 0 Å². The first-order chi connectivity index (χ1) is 11.2. The monoisotopic (exact) mass is 314 g/mol. The van der Waals surface area contributed by atoms with Crippen LogP contribution >= 0.6 is 0 Å². The van der Waals surface area contributed by atoms with Crippen LogP contribution in [0.15, 0.2) is 30.3 Å². The lowest BCUT2D eigenvalue weighted by atomic mass is 9.89. The SMILES string of the molecule is CCCC(=O)N1CC(CC2CC2)CC(NCc2ccccc2)C1. The van der Waals surface area contributed by atoms with Crippen LogP contribution < -0.4 is 5.32 Å². The first-order valence-corrected chi connectivity index (χ1v) is 9.29. The number of nitrogens with one attached hydrogen (secondary N) is 1. The van der Waals surface area contributed by atoms with E-state index in [9.17, 15) is 4.79 Å². The van der Waals surface area contributed by atoms with Crippen molar-refractivity contribution >= 4 is 5.91 Å². The molecule has 0 spiro atoms. The van der Waals surface area contributed by atoms with Gasteiger partial charge in [0.25, 0.3) is 0 Å². The number of hydrogen-bond acceptors (Lipinski definition) is 2. The van der Waals surface area contributed by atoms with Gasteiger partial charge in [-0.25, -0.2) is 0 Å². The summed E-state index contributed by atoms with van der Waals surface area (Å²) in [5.74, 6) is 1.97. The molecule has 1 saturated heterocycles. The third-order valence-electron chi connectivity index (χ3n) is 5.16. The number of hydrogen-bond donors (Lipinski definition) is 1. The van der Waals surface area contributed by atoms with E-state index in [4.69, 9.17) is 0 Å². The van der Waals surface area contributed by atoms with Gasteiger partial charge in [0.1, 0.15) is 0 Å². The van der Waals surface area contributed by atoms with E-state index in [-0.39, 0.29) is 0 Å². The van der Waals surface area contributed by atoms with Gasteiger partial charge < -0.3 is 10.2 Å². The third kappa shape index (κ3) is 5.07. The molecule has 1 N–H and O–H groups in total. The summed E-state index contributed by atoms with van der Waals surface area (Å²) < 4.78 is 0. The van der Waals surface area contributed by atoms with Crippen molar-refractivity contribution in [1.29, 1.82) is 0 Å². The summed E-state index contributed by atoms with van der Waals surface area (Å²) in [5, 5.41) is 3.69. The van der Waals surface area contributed by atoms with Crippen LogP contribution in [0.25, 0.3) is 0 Å². The maximum atomic E-state index is 12.4. The number of rotatable bonds is 7. The smallest absolute Gasteiger partial charge is 0.222 e. The Bertz CT molecular complexity index is 498. The first kappa shape index (κ1) is 16.5. The predicted octanol–water partition coefficient (Wildman–Crippen LogP) is 3.59. The number of carbonyl (C=O) groups is 1. The van der Waals surface area contributed by atoms with Crippen LogP contribution in [0.1, 0.15) is 51.0 Å². The summed E-state index contributed by atoms with van der Waals surface area (Å²) in [6.07, 6.45) is 6.99. The minimum absolute atomic E-state index is 0.347. The van der Waals surface area contributed by atoms with Gasteiger partial charge in [0.05, 0.1) is 0 Å². The minimum atomic E-state index is 0.347. The molecule has 3 nitrogen and oxygen atoms in total. The van der Waals surface area contributed by atoms with Gasteiger partial charge in [-0.3, -0.25) is 4.79 Å². The van der Waals surface area contributed by atoms with E-state index >= 15 is 0 Å². The number of amides is 1. The molecule has 2 unspecified atom stereocenters. The Morgan fingerprint density at radius 3 is 2.65 bits per heavy atom. The van der Waals surface area contributed by atoms with Crippen LogP contribution in [-0.4, -0.2) is 29.9 Å². The van der Waals surface area contributed by atoms with E-state index in [0.29, 0.717) is 24.3 Å². The van der Waals surface area contributed by atoms with Gasteiger partial charge in [0, 0.05) is 32.1 Å². The summed E-state index contributed by atoms with van der Waals surface area (Å²) in [6.45, 7) is 4.86. The third-order valence-corrected chi connectivity index (χ3v) is 5.16. The molecule has 126 valence electrons. The molecule has 1 aliphatic heterocycles. The van der Waals surface area contributed by atoms with Crippen LogP contribution in [0, 0.1) is 11.8 Å². The molecule has 1 aliphatic carbocycles. The van der Waals surface area contributed by atoms with Crippen LogP contribution in [0.3, 0.4) is 0 Å². The number of benzene rings is 1. The normalized spacial score (nSPS) is 24.7. The molecule has 1 amide bonds. The van der Waals surface area contributed by atoms with Crippen molar-refractivity contribution in [3.63, 3.8) is 0 Å². The van der Waals surface area contributed by atoms with Gasteiger partial charge >= 0.3 is 0 Å². The molecule has 1 aromatic rings. The van der Waals surface area contributed by atoms with Gasteiger partial charge in [0.2, 0.25) is 5.91 Å². The molecule has 2 fully saturated rings. The number of carbonyl (C=O) groups excluding carboxylic acids is 1. The maximum absolute atomic E-state index is 12.4. The molecule has 1 aromatic carbocycles. The fraction of sp³-hybridized carbons (Fsp3) is 0.650. The van der Waals surface area contributed by atoms with Crippen LogP contribution in [-0.2, 0) is 11.3 Å². The van der Waals surface area contributed by atoms with E-state index in [2.05, 4.69) is 47.5 Å². The molecule has 2 aliphatic rings. The number of piperidine rings is 1. The fourth-order valence-corrected chi connectivity index (χ4v) is 3.78. The summed E-state index contributed by atoms with van der Waals surface area (Å²) >= 11 is 0. The van der Waals surface area contributed by atoms with Crippen molar-refractivity contribution in [2.24, 2.45) is 11.8 Å². The van der Waals surface area contributed by atoms with Gasteiger partial charge in [-0.2, -0.15) is 0 Å². The molecule has 2 atom stereocenters. The average Bonchev–Trinajstić information content (AvgIpc) is 3.38. The molecule has 3 rings (SSSR count). The molecule has 0 aromatic heterocycles. The molecule has 3 heteroatoms. The number of likely N-dealkylation sites (tertiary alicyclic amines) is 1. The lowest BCUT2D eigenvalue weighted by Crippen LogP contribution is -2.51. The van der Waals surface area contributed by atoms with Crippen LogP contribution in [0.5, 0.6) is 0 Å². The van der Waals surface area contributed by atoms with Crippen molar-refractivity contribution in [2.45, 2.75) is 58.0 Å². The summed E-state index contributed by atoms with van der Waals surface area (Å²) in [5.41, 5.74) is 1.32. The molecule has 23 heavy (non-hydrogen) atoms. The lowest BCUT2D eigenvalue weighted by molar-refractivity contribution is -0.133. The van der Waals surface area contributed by atoms with Gasteiger partial charge in [-0.1, -0.05) is 50.1 Å². The summed E-state index contributed by atoms with van der Waals surface area (Å²) in [7, 11) is 0. The van der Waals surface area contributed by atoms with Crippen molar-refractivity contribution in [3.8, 4) is 0 Å². The summed E-state index contributed by atoms with van der Waals surface area (Å²) in [6, 6.07) is 11.0. The second-order valence-electron chi connectivity index (χ2n) is 7.39. The van der Waals surface area contributed by atoms with Crippen molar-refractivity contribution in [1.82, 2.24) is 10.2 Å². The molecular formula is C20H30N2O. The van der Waals surface area contributed by atoms with E-state index in [1.165, 1.54) is 31.2 Å². The highest BCUT2D eigenvalue weighted by molar-refractivity contribution is 5.76. The molecule has 0 bridgehead atoms. The molecule has 1 heterocycles. The minimum Gasteiger partial charge on any atom is -0.341 e. The Hall–Kier alpha value is -1.35. The highest BCUT2D eigenvalue weighted by Crippen LogP contribution is 2.37. The Morgan fingerprint density at radius 2 is 1.96 bits per heavy atom. The van der Waals surface area contributed by atoms with Crippen LogP contribution in [0.4, 0.5) is 0 Å². The average molecular weight is 314 g/mol. The molecular weight excluding hydrogens is 284 g/mol. The topological polar surface area (TPSA) is 32.3 Å². The largest absolute Gasteiger partial charge is 0.341 e. The quantitative estimate of drug-likeness (QED) is 0.834. The highest BCUT2D eigenvalue weighted by Gasteiger charge is 2.33. The zero-order chi connectivity index (χ0) is 16.1. The van der Waals surface area contributed by atoms with E-state index < -0.39 is 0 Å². The Morgan fingerprint density at radius 1 is 1.17 bits per heavy atom. The second-order valence-corrected chi connectivity index (χ2v) is 7.39. The Kier molecular flexibility index (Phi) is 5.71. The maximum Gasteiger partial charge on any atom is 0.222 e. The molecule has 1 saturated carbocycles. The Labute approximate surface area is 140 Å². The van der Waals surface area contributed by atoms with Crippen LogP contribution in [0.2, 0.25) is 0 Å².